The van der Waals surface area contributed by atoms with E-state index in [1.54, 1.807) is 7.05 Å². The number of hydrogen-bond donors (Lipinski definition) is 3. The van der Waals surface area contributed by atoms with Crippen LogP contribution in [-0.2, 0) is 11.3 Å². The van der Waals surface area contributed by atoms with E-state index < -0.39 is 0 Å². The molecule has 0 aromatic heterocycles. The lowest BCUT2D eigenvalue weighted by atomic mass is 10.1. The van der Waals surface area contributed by atoms with Gasteiger partial charge in [-0.05, 0) is 26.3 Å². The summed E-state index contributed by atoms with van der Waals surface area (Å²) in [6, 6.07) is 10.2. The smallest absolute Gasteiger partial charge is 0.191 e. The largest absolute Gasteiger partial charge is 0.375 e. The molecule has 0 fully saturated rings. The Bertz CT molecular complexity index is 426. The molecule has 5 heteroatoms. The van der Waals surface area contributed by atoms with Crippen LogP contribution in [0.1, 0.15) is 26.3 Å². The third-order valence-electron chi connectivity index (χ3n) is 2.95. The minimum Gasteiger partial charge on any atom is -0.375 e. The first-order valence-corrected chi connectivity index (χ1v) is 7.82. The van der Waals surface area contributed by atoms with E-state index >= 15 is 0 Å². The fourth-order valence-electron chi connectivity index (χ4n) is 1.84. The van der Waals surface area contributed by atoms with E-state index in [-0.39, 0.29) is 5.54 Å². The van der Waals surface area contributed by atoms with E-state index in [0.29, 0.717) is 13.2 Å². The van der Waals surface area contributed by atoms with Crippen LogP contribution < -0.4 is 16.0 Å². The molecule has 22 heavy (non-hydrogen) atoms. The van der Waals surface area contributed by atoms with Gasteiger partial charge in [-0.3, -0.25) is 4.99 Å². The summed E-state index contributed by atoms with van der Waals surface area (Å²) in [6.07, 6.45) is 0. The Morgan fingerprint density at radius 2 is 1.73 bits per heavy atom. The third kappa shape index (κ3) is 9.37. The van der Waals surface area contributed by atoms with Gasteiger partial charge in [0.15, 0.2) is 5.96 Å². The Balaban J connectivity index is 2.06. The minimum atomic E-state index is 0.143. The van der Waals surface area contributed by atoms with E-state index in [9.17, 15) is 0 Å². The molecule has 5 nitrogen and oxygen atoms in total. The summed E-state index contributed by atoms with van der Waals surface area (Å²) in [6.45, 7) is 10.2. The van der Waals surface area contributed by atoms with Crippen LogP contribution in [0, 0.1) is 0 Å². The van der Waals surface area contributed by atoms with Gasteiger partial charge in [-0.25, -0.2) is 0 Å². The van der Waals surface area contributed by atoms with Crippen LogP contribution in [0.3, 0.4) is 0 Å². The van der Waals surface area contributed by atoms with Crippen LogP contribution in [0.15, 0.2) is 35.3 Å². The van der Waals surface area contributed by atoms with Crippen molar-refractivity contribution >= 4 is 5.96 Å². The summed E-state index contributed by atoms with van der Waals surface area (Å²) in [5.74, 6) is 0.805. The summed E-state index contributed by atoms with van der Waals surface area (Å²) < 4.78 is 5.63. The lowest BCUT2D eigenvalue weighted by molar-refractivity contribution is 0.125. The van der Waals surface area contributed by atoms with Crippen molar-refractivity contribution in [3.8, 4) is 0 Å². The van der Waals surface area contributed by atoms with Gasteiger partial charge in [0.25, 0.3) is 0 Å². The first-order chi connectivity index (χ1) is 10.5. The summed E-state index contributed by atoms with van der Waals surface area (Å²) in [5, 5.41) is 9.94. The molecule has 0 radical (unpaired) electrons. The summed E-state index contributed by atoms with van der Waals surface area (Å²) in [7, 11) is 1.78. The highest BCUT2D eigenvalue weighted by molar-refractivity contribution is 5.79. The van der Waals surface area contributed by atoms with Crippen molar-refractivity contribution in [3.05, 3.63) is 35.9 Å². The monoisotopic (exact) mass is 306 g/mol. The van der Waals surface area contributed by atoms with Crippen molar-refractivity contribution in [3.63, 3.8) is 0 Å². The first-order valence-electron chi connectivity index (χ1n) is 7.82. The van der Waals surface area contributed by atoms with Gasteiger partial charge in [-0.1, -0.05) is 30.3 Å². The topological polar surface area (TPSA) is 57.7 Å². The molecule has 0 unspecified atom stereocenters. The van der Waals surface area contributed by atoms with Crippen LogP contribution in [0.2, 0.25) is 0 Å². The number of hydrogen-bond acceptors (Lipinski definition) is 3. The molecule has 0 amide bonds. The van der Waals surface area contributed by atoms with E-state index in [4.69, 9.17) is 4.74 Å². The average Bonchev–Trinajstić information content (AvgIpc) is 2.49. The fraction of sp³-hybridized carbons (Fsp3) is 0.588. The highest BCUT2D eigenvalue weighted by Crippen LogP contribution is 1.99. The number of nitrogens with zero attached hydrogens (tertiary/aromatic N) is 1. The van der Waals surface area contributed by atoms with Crippen LogP contribution in [0.4, 0.5) is 0 Å². The molecule has 0 aliphatic heterocycles. The molecular formula is C17H30N4O. The number of aliphatic imine (C=N–C) groups is 1. The van der Waals surface area contributed by atoms with Crippen LogP contribution in [-0.4, -0.2) is 44.8 Å². The van der Waals surface area contributed by atoms with Gasteiger partial charge in [-0.2, -0.15) is 0 Å². The molecule has 0 heterocycles. The molecule has 0 saturated heterocycles. The van der Waals surface area contributed by atoms with Crippen molar-refractivity contribution < 1.29 is 4.74 Å². The Hall–Kier alpha value is -1.59. The highest BCUT2D eigenvalue weighted by Gasteiger charge is 2.07. The van der Waals surface area contributed by atoms with E-state index in [2.05, 4.69) is 53.8 Å². The lowest BCUT2D eigenvalue weighted by Gasteiger charge is -2.21. The Labute approximate surface area is 134 Å². The van der Waals surface area contributed by atoms with Gasteiger partial charge in [0.05, 0.1) is 13.2 Å². The Morgan fingerprint density at radius 1 is 1.05 bits per heavy atom. The summed E-state index contributed by atoms with van der Waals surface area (Å²) >= 11 is 0. The Kier molecular flexibility index (Phi) is 8.55. The van der Waals surface area contributed by atoms with Crippen LogP contribution in [0.5, 0.6) is 0 Å². The van der Waals surface area contributed by atoms with Crippen molar-refractivity contribution in [2.75, 3.05) is 33.3 Å². The van der Waals surface area contributed by atoms with Crippen molar-refractivity contribution in [1.29, 1.82) is 0 Å². The zero-order valence-corrected chi connectivity index (χ0v) is 14.3. The zero-order valence-electron chi connectivity index (χ0n) is 14.3. The molecular weight excluding hydrogens is 276 g/mol. The summed E-state index contributed by atoms with van der Waals surface area (Å²) in [5.41, 5.74) is 1.34. The molecule has 0 spiro atoms. The van der Waals surface area contributed by atoms with E-state index in [0.717, 1.165) is 25.6 Å². The molecule has 124 valence electrons. The van der Waals surface area contributed by atoms with E-state index in [1.807, 2.05) is 18.2 Å². The highest BCUT2D eigenvalue weighted by atomic mass is 16.5. The number of benzene rings is 1. The first kappa shape index (κ1) is 18.5. The molecule has 1 aromatic carbocycles. The third-order valence-corrected chi connectivity index (χ3v) is 2.95. The zero-order chi connectivity index (χ0) is 16.3. The molecule has 3 N–H and O–H groups in total. The van der Waals surface area contributed by atoms with Crippen LogP contribution >= 0.6 is 0 Å². The SMILES string of the molecule is CN=C(NCCNC(C)(C)C)NCCOCc1ccccc1. The van der Waals surface area contributed by atoms with E-state index in [1.165, 1.54) is 5.56 Å². The number of ether oxygens (including phenoxy) is 1. The second-order valence-electron chi connectivity index (χ2n) is 6.14. The predicted octanol–water partition coefficient (Wildman–Crippen LogP) is 1.76. The molecule has 0 aliphatic rings. The maximum absolute atomic E-state index is 5.63. The fourth-order valence-corrected chi connectivity index (χ4v) is 1.84. The van der Waals surface area contributed by atoms with Gasteiger partial charge in [-0.15, -0.1) is 0 Å². The maximum atomic E-state index is 5.63. The van der Waals surface area contributed by atoms with Crippen molar-refractivity contribution in [2.45, 2.75) is 32.9 Å². The van der Waals surface area contributed by atoms with Gasteiger partial charge < -0.3 is 20.7 Å². The molecule has 0 atom stereocenters. The second-order valence-corrected chi connectivity index (χ2v) is 6.14. The van der Waals surface area contributed by atoms with Gasteiger partial charge in [0.2, 0.25) is 0 Å². The second kappa shape index (κ2) is 10.2. The molecule has 1 rings (SSSR count). The normalized spacial score (nSPS) is 12.3. The van der Waals surface area contributed by atoms with Gasteiger partial charge in [0, 0.05) is 32.2 Å². The van der Waals surface area contributed by atoms with Gasteiger partial charge >= 0.3 is 0 Å². The lowest BCUT2D eigenvalue weighted by Crippen LogP contribution is -2.45. The van der Waals surface area contributed by atoms with Crippen molar-refractivity contribution in [2.24, 2.45) is 4.99 Å². The molecule has 0 saturated carbocycles. The summed E-state index contributed by atoms with van der Waals surface area (Å²) in [4.78, 5) is 4.19. The minimum absolute atomic E-state index is 0.143. The standard InChI is InChI=1S/C17H30N4O/c1-17(2,3)21-11-10-19-16(18-4)20-12-13-22-14-15-8-6-5-7-9-15/h5-9,21H,10-14H2,1-4H3,(H2,18,19,20). The van der Waals surface area contributed by atoms with Gasteiger partial charge in [0.1, 0.15) is 0 Å². The van der Waals surface area contributed by atoms with Crippen molar-refractivity contribution in [1.82, 2.24) is 16.0 Å². The molecule has 0 bridgehead atoms. The number of nitrogens with one attached hydrogen (secondary N) is 3. The molecule has 0 aliphatic carbocycles. The quantitative estimate of drug-likeness (QED) is 0.389. The predicted molar refractivity (Wildman–Crippen MR) is 93.2 cm³/mol. The molecule has 1 aromatic rings. The number of rotatable bonds is 8. The number of guanidine groups is 1. The van der Waals surface area contributed by atoms with Crippen LogP contribution in [0.25, 0.3) is 0 Å². The Morgan fingerprint density at radius 3 is 2.36 bits per heavy atom. The maximum Gasteiger partial charge on any atom is 0.191 e. The average molecular weight is 306 g/mol.